The van der Waals surface area contributed by atoms with Crippen molar-refractivity contribution < 1.29 is 58.2 Å². The summed E-state index contributed by atoms with van der Waals surface area (Å²) in [5.74, 6) is -3.13. The first kappa shape index (κ1) is 75.4. The number of aliphatic carboxylic acids is 1. The van der Waals surface area contributed by atoms with Gasteiger partial charge in [0.1, 0.15) is 18.8 Å². The molecule has 1 heterocycles. The summed E-state index contributed by atoms with van der Waals surface area (Å²) >= 11 is 0. The van der Waals surface area contributed by atoms with Gasteiger partial charge in [0, 0.05) is 19.3 Å². The van der Waals surface area contributed by atoms with Crippen LogP contribution in [0.25, 0.3) is 0 Å². The highest BCUT2D eigenvalue weighted by Gasteiger charge is 2.50. The van der Waals surface area contributed by atoms with Crippen molar-refractivity contribution in [2.45, 2.75) is 340 Å². The Kier molecular flexibility index (Phi) is 53.0. The molecule has 12 heteroatoms. The number of carbonyl (C=O) groups is 4. The Morgan fingerprint density at radius 2 is 0.741 bits per heavy atom. The molecule has 468 valence electrons. The summed E-state index contributed by atoms with van der Waals surface area (Å²) in [6, 6.07) is 0. The van der Waals surface area contributed by atoms with E-state index in [1.807, 2.05) is 0 Å². The van der Waals surface area contributed by atoms with E-state index in [1.54, 1.807) is 0 Å². The number of carboxylic acids is 1. The summed E-state index contributed by atoms with van der Waals surface area (Å²) in [6.07, 6.45) is 58.8. The van der Waals surface area contributed by atoms with Crippen LogP contribution in [0.4, 0.5) is 0 Å². The molecule has 0 spiro atoms. The number of aliphatic hydroxyl groups excluding tert-OH is 2. The molecule has 0 amide bonds. The molecule has 0 radical (unpaired) electrons. The zero-order valence-electron chi connectivity index (χ0n) is 51.8. The van der Waals surface area contributed by atoms with Gasteiger partial charge in [0.25, 0.3) is 0 Å². The van der Waals surface area contributed by atoms with Crippen LogP contribution in [0, 0.1) is 0 Å². The van der Waals surface area contributed by atoms with Crippen LogP contribution < -0.4 is 0 Å². The van der Waals surface area contributed by atoms with Gasteiger partial charge in [-0.15, -0.1) is 0 Å². The first-order chi connectivity index (χ1) is 39.6. The molecule has 81 heavy (non-hydrogen) atoms. The van der Waals surface area contributed by atoms with Crippen molar-refractivity contribution in [1.29, 1.82) is 0 Å². The molecule has 1 fully saturated rings. The SMILES string of the molecule is CCCCC/C=C\C/C=C\C/C=C\CCCCCCCCC(=O)OC1C(OCC(COC(=O)CCCCCCCCCCCCCCCCCCC)OC(=O)CCCCCCC/C=C\C/C=C\CCCCC)OC(C(=O)O)C(O)C1O. The Hall–Kier alpha value is -3.58. The zero-order chi connectivity index (χ0) is 58.9. The maximum Gasteiger partial charge on any atom is 0.335 e. The van der Waals surface area contributed by atoms with Crippen LogP contribution in [0.5, 0.6) is 0 Å². The number of aliphatic hydroxyl groups is 2. The van der Waals surface area contributed by atoms with Gasteiger partial charge in [-0.2, -0.15) is 0 Å². The summed E-state index contributed by atoms with van der Waals surface area (Å²) in [6.45, 7) is 5.97. The van der Waals surface area contributed by atoms with Gasteiger partial charge in [0.2, 0.25) is 0 Å². The van der Waals surface area contributed by atoms with E-state index in [2.05, 4.69) is 81.5 Å². The summed E-state index contributed by atoms with van der Waals surface area (Å²) < 4.78 is 28.5. The second-order valence-corrected chi connectivity index (χ2v) is 22.8. The lowest BCUT2D eigenvalue weighted by molar-refractivity contribution is -0.301. The maximum absolute atomic E-state index is 13.2. The van der Waals surface area contributed by atoms with Crippen LogP contribution in [-0.4, -0.2) is 89.2 Å². The second kappa shape index (κ2) is 56.9. The Labute approximate surface area is 494 Å². The minimum absolute atomic E-state index is 0.0447. The lowest BCUT2D eigenvalue weighted by atomic mass is 9.98. The van der Waals surface area contributed by atoms with Crippen LogP contribution in [0.1, 0.15) is 303 Å². The molecule has 12 nitrogen and oxygen atoms in total. The van der Waals surface area contributed by atoms with Crippen molar-refractivity contribution in [3.8, 4) is 0 Å². The van der Waals surface area contributed by atoms with Gasteiger partial charge in [-0.05, 0) is 89.9 Å². The summed E-state index contributed by atoms with van der Waals surface area (Å²) in [5, 5.41) is 31.6. The molecule has 1 rings (SSSR count). The first-order valence-electron chi connectivity index (χ1n) is 33.3. The van der Waals surface area contributed by atoms with E-state index < -0.39 is 67.3 Å². The topological polar surface area (TPSA) is 175 Å². The largest absolute Gasteiger partial charge is 0.479 e. The average molecular weight is 1140 g/mol. The van der Waals surface area contributed by atoms with Crippen molar-refractivity contribution in [2.75, 3.05) is 13.2 Å². The van der Waals surface area contributed by atoms with E-state index in [9.17, 15) is 34.5 Å². The van der Waals surface area contributed by atoms with E-state index >= 15 is 0 Å². The Balaban J connectivity index is 2.66. The van der Waals surface area contributed by atoms with Gasteiger partial charge in [-0.3, -0.25) is 14.4 Å². The molecule has 0 aromatic heterocycles. The highest BCUT2D eigenvalue weighted by molar-refractivity contribution is 5.74. The molecule has 1 aliphatic rings. The standard InChI is InChI=1S/C69H120O12/c1-4-7-10-13-16-19-22-25-28-30-31-33-36-39-42-45-48-51-54-57-63(72)80-67-65(74)64(73)66(68(75)76)81-69(67)78-59-60(79-62(71)56-53-50-47-44-41-38-34-27-24-21-18-15-12-9-6-3)58-77-61(70)55-52-49-46-43-40-37-35-32-29-26-23-20-17-14-11-8-5-2/h16,18-19,21,25,27-28,31,33-34,60,64-67,69,73-74H,4-15,17,20,22-24,26,29-30,32,35-59H2,1-3H3,(H,75,76)/b19-16-,21-18-,28-25-,33-31-,34-27-. The third kappa shape index (κ3) is 46.5. The molecular weight excluding hydrogens is 1020 g/mol. The number of allylic oxidation sites excluding steroid dienone is 10. The molecule has 3 N–H and O–H groups in total. The molecule has 1 aliphatic heterocycles. The van der Waals surface area contributed by atoms with Crippen molar-refractivity contribution in [1.82, 2.24) is 0 Å². The molecule has 0 saturated carbocycles. The second-order valence-electron chi connectivity index (χ2n) is 22.8. The number of unbranched alkanes of at least 4 members (excludes halogenated alkanes) is 33. The molecule has 0 bridgehead atoms. The fourth-order valence-electron chi connectivity index (χ4n) is 9.94. The highest BCUT2D eigenvalue weighted by atomic mass is 16.7. The smallest absolute Gasteiger partial charge is 0.335 e. The van der Waals surface area contributed by atoms with Gasteiger partial charge in [-0.25, -0.2) is 4.79 Å². The number of hydrogen-bond acceptors (Lipinski definition) is 11. The Morgan fingerprint density at radius 1 is 0.407 bits per heavy atom. The fourth-order valence-corrected chi connectivity index (χ4v) is 9.94. The van der Waals surface area contributed by atoms with Gasteiger partial charge >= 0.3 is 23.9 Å². The van der Waals surface area contributed by atoms with E-state index in [-0.39, 0.29) is 25.9 Å². The quantitative estimate of drug-likeness (QED) is 0.0228. The van der Waals surface area contributed by atoms with Crippen LogP contribution in [0.2, 0.25) is 0 Å². The van der Waals surface area contributed by atoms with E-state index in [4.69, 9.17) is 23.7 Å². The number of hydrogen-bond donors (Lipinski definition) is 3. The molecule has 1 saturated heterocycles. The van der Waals surface area contributed by atoms with Crippen molar-refractivity contribution in [3.63, 3.8) is 0 Å². The normalized spacial score (nSPS) is 18.1. The number of ether oxygens (including phenoxy) is 5. The van der Waals surface area contributed by atoms with E-state index in [0.29, 0.717) is 19.3 Å². The van der Waals surface area contributed by atoms with Gasteiger partial charge in [-0.1, -0.05) is 255 Å². The molecule has 0 aliphatic carbocycles. The van der Waals surface area contributed by atoms with Gasteiger partial charge < -0.3 is 39.0 Å². The zero-order valence-corrected chi connectivity index (χ0v) is 51.8. The summed E-state index contributed by atoms with van der Waals surface area (Å²) in [5.41, 5.74) is 0. The number of rotatable bonds is 57. The Morgan fingerprint density at radius 3 is 1.15 bits per heavy atom. The maximum atomic E-state index is 13.2. The number of carbonyl (C=O) groups excluding carboxylic acids is 3. The fraction of sp³-hybridized carbons (Fsp3) is 0.797. The summed E-state index contributed by atoms with van der Waals surface area (Å²) in [7, 11) is 0. The van der Waals surface area contributed by atoms with E-state index in [0.717, 1.165) is 116 Å². The van der Waals surface area contributed by atoms with Gasteiger partial charge in [0.15, 0.2) is 24.6 Å². The molecule has 6 unspecified atom stereocenters. The van der Waals surface area contributed by atoms with E-state index in [1.165, 1.54) is 128 Å². The predicted octanol–water partition coefficient (Wildman–Crippen LogP) is 17.9. The first-order valence-corrected chi connectivity index (χ1v) is 33.3. The minimum Gasteiger partial charge on any atom is -0.479 e. The van der Waals surface area contributed by atoms with Crippen LogP contribution in [0.3, 0.4) is 0 Å². The van der Waals surface area contributed by atoms with Crippen molar-refractivity contribution in [3.05, 3.63) is 60.8 Å². The van der Waals surface area contributed by atoms with Crippen LogP contribution in [-0.2, 0) is 42.9 Å². The predicted molar refractivity (Wildman–Crippen MR) is 331 cm³/mol. The number of carboxylic acid groups (broad SMARTS) is 1. The molecule has 0 aromatic rings. The lowest BCUT2D eigenvalue weighted by Gasteiger charge is -2.40. The van der Waals surface area contributed by atoms with Crippen molar-refractivity contribution >= 4 is 23.9 Å². The van der Waals surface area contributed by atoms with Crippen molar-refractivity contribution in [2.24, 2.45) is 0 Å². The molecule has 6 atom stereocenters. The van der Waals surface area contributed by atoms with Crippen LogP contribution >= 0.6 is 0 Å². The number of esters is 3. The molecule has 0 aromatic carbocycles. The average Bonchev–Trinajstić information content (AvgIpc) is 3.54. The monoisotopic (exact) mass is 1140 g/mol. The summed E-state index contributed by atoms with van der Waals surface area (Å²) in [4.78, 5) is 51.3. The highest BCUT2D eigenvalue weighted by Crippen LogP contribution is 2.27. The third-order valence-electron chi connectivity index (χ3n) is 15.1. The van der Waals surface area contributed by atoms with Crippen LogP contribution in [0.15, 0.2) is 60.8 Å². The minimum atomic E-state index is -1.91. The van der Waals surface area contributed by atoms with Gasteiger partial charge in [0.05, 0.1) is 6.61 Å². The Bertz CT molecular complexity index is 1640. The third-order valence-corrected chi connectivity index (χ3v) is 15.1. The lowest BCUT2D eigenvalue weighted by Crippen LogP contribution is -2.61. The molecular formula is C69H120O12.